The van der Waals surface area contributed by atoms with Crippen LogP contribution in [0.25, 0.3) is 10.9 Å². The van der Waals surface area contributed by atoms with Crippen molar-refractivity contribution in [3.05, 3.63) is 41.0 Å². The Labute approximate surface area is 92.9 Å². The largest absolute Gasteiger partial charge is 0.303 e. The molecule has 3 heteroatoms. The maximum atomic E-state index is 10.4. The van der Waals surface area contributed by atoms with Gasteiger partial charge in [-0.1, -0.05) is 23.7 Å². The molecular formula is C12H10ClNO. The highest BCUT2D eigenvalue weighted by Crippen LogP contribution is 2.25. The SMILES string of the molecule is O=CCCc1c(Cl)ccc2cccnc12. The number of pyridine rings is 1. The molecule has 0 saturated heterocycles. The second kappa shape index (κ2) is 4.41. The highest BCUT2D eigenvalue weighted by Gasteiger charge is 2.06. The molecule has 1 aromatic heterocycles. The second-order valence-corrected chi connectivity index (χ2v) is 3.71. The molecule has 2 nitrogen and oxygen atoms in total. The molecule has 0 bridgehead atoms. The lowest BCUT2D eigenvalue weighted by Gasteiger charge is -2.05. The van der Waals surface area contributed by atoms with Crippen LogP contribution >= 0.6 is 11.6 Å². The van der Waals surface area contributed by atoms with Crippen molar-refractivity contribution in [2.45, 2.75) is 12.8 Å². The number of hydrogen-bond acceptors (Lipinski definition) is 2. The van der Waals surface area contributed by atoms with Crippen LogP contribution in [0.3, 0.4) is 0 Å². The number of aldehydes is 1. The fraction of sp³-hybridized carbons (Fsp3) is 0.167. The van der Waals surface area contributed by atoms with E-state index < -0.39 is 0 Å². The van der Waals surface area contributed by atoms with Crippen LogP contribution in [0.2, 0.25) is 5.02 Å². The number of nitrogens with zero attached hydrogens (tertiary/aromatic N) is 1. The third kappa shape index (κ3) is 2.00. The van der Waals surface area contributed by atoms with E-state index in [1.165, 1.54) is 0 Å². The monoisotopic (exact) mass is 219 g/mol. The number of carbonyl (C=O) groups excluding carboxylic acids is 1. The molecule has 2 rings (SSSR count). The number of carbonyl (C=O) groups is 1. The van der Waals surface area contributed by atoms with Crippen LogP contribution in [0.15, 0.2) is 30.5 Å². The Bertz CT molecular complexity index is 496. The molecule has 0 aliphatic rings. The first-order valence-electron chi connectivity index (χ1n) is 4.78. The lowest BCUT2D eigenvalue weighted by atomic mass is 10.1. The second-order valence-electron chi connectivity index (χ2n) is 3.31. The maximum absolute atomic E-state index is 10.4. The average molecular weight is 220 g/mol. The van der Waals surface area contributed by atoms with Gasteiger partial charge in [0.15, 0.2) is 0 Å². The quantitative estimate of drug-likeness (QED) is 0.743. The predicted octanol–water partition coefficient (Wildman–Crippen LogP) is 3.02. The van der Waals surface area contributed by atoms with Crippen molar-refractivity contribution in [1.29, 1.82) is 0 Å². The van der Waals surface area contributed by atoms with Gasteiger partial charge in [-0.2, -0.15) is 0 Å². The molecule has 0 aliphatic heterocycles. The molecule has 0 unspecified atom stereocenters. The molecule has 0 amide bonds. The van der Waals surface area contributed by atoms with Crippen molar-refractivity contribution in [2.24, 2.45) is 0 Å². The summed E-state index contributed by atoms with van der Waals surface area (Å²) in [7, 11) is 0. The fourth-order valence-corrected chi connectivity index (χ4v) is 1.87. The van der Waals surface area contributed by atoms with E-state index in [9.17, 15) is 4.79 Å². The minimum Gasteiger partial charge on any atom is -0.303 e. The summed E-state index contributed by atoms with van der Waals surface area (Å²) in [5.74, 6) is 0. The van der Waals surface area contributed by atoms with E-state index in [0.29, 0.717) is 17.9 Å². The van der Waals surface area contributed by atoms with Gasteiger partial charge in [0.1, 0.15) is 6.29 Å². The maximum Gasteiger partial charge on any atom is 0.120 e. The van der Waals surface area contributed by atoms with Crippen LogP contribution in [-0.2, 0) is 11.2 Å². The zero-order valence-electron chi connectivity index (χ0n) is 8.11. The summed E-state index contributed by atoms with van der Waals surface area (Å²) in [6.45, 7) is 0. The van der Waals surface area contributed by atoms with Crippen LogP contribution < -0.4 is 0 Å². The summed E-state index contributed by atoms with van der Waals surface area (Å²) in [4.78, 5) is 14.7. The van der Waals surface area contributed by atoms with E-state index in [4.69, 9.17) is 11.6 Å². The van der Waals surface area contributed by atoms with E-state index in [-0.39, 0.29) is 0 Å². The number of aryl methyl sites for hydroxylation is 1. The molecule has 15 heavy (non-hydrogen) atoms. The van der Waals surface area contributed by atoms with Crippen LogP contribution in [0.5, 0.6) is 0 Å². The summed E-state index contributed by atoms with van der Waals surface area (Å²) in [5, 5.41) is 1.74. The molecule has 0 atom stereocenters. The summed E-state index contributed by atoms with van der Waals surface area (Å²) in [6, 6.07) is 7.67. The molecule has 0 N–H and O–H groups in total. The van der Waals surface area contributed by atoms with Gasteiger partial charge in [0.2, 0.25) is 0 Å². The molecule has 2 aromatic rings. The Hall–Kier alpha value is -1.41. The summed E-state index contributed by atoms with van der Waals surface area (Å²) < 4.78 is 0. The van der Waals surface area contributed by atoms with E-state index in [0.717, 1.165) is 22.8 Å². The predicted molar refractivity (Wildman–Crippen MR) is 61.1 cm³/mol. The van der Waals surface area contributed by atoms with Crippen molar-refractivity contribution in [3.8, 4) is 0 Å². The highest BCUT2D eigenvalue weighted by atomic mass is 35.5. The summed E-state index contributed by atoms with van der Waals surface area (Å²) >= 11 is 6.08. The van der Waals surface area contributed by atoms with Gasteiger partial charge in [0.25, 0.3) is 0 Å². The molecular weight excluding hydrogens is 210 g/mol. The first-order valence-corrected chi connectivity index (χ1v) is 5.16. The topological polar surface area (TPSA) is 30.0 Å². The smallest absolute Gasteiger partial charge is 0.120 e. The lowest BCUT2D eigenvalue weighted by molar-refractivity contribution is -0.107. The van der Waals surface area contributed by atoms with Crippen molar-refractivity contribution in [3.63, 3.8) is 0 Å². The Kier molecular flexibility index (Phi) is 2.97. The van der Waals surface area contributed by atoms with E-state index in [1.54, 1.807) is 6.20 Å². The van der Waals surface area contributed by atoms with E-state index in [2.05, 4.69) is 4.98 Å². The molecule has 0 spiro atoms. The van der Waals surface area contributed by atoms with E-state index >= 15 is 0 Å². The van der Waals surface area contributed by atoms with Crippen LogP contribution in [0.1, 0.15) is 12.0 Å². The minimum atomic E-state index is 0.482. The third-order valence-corrected chi connectivity index (χ3v) is 2.69. The van der Waals surface area contributed by atoms with Crippen molar-refractivity contribution in [1.82, 2.24) is 4.98 Å². The van der Waals surface area contributed by atoms with Gasteiger partial charge in [-0.05, 0) is 24.1 Å². The van der Waals surface area contributed by atoms with Gasteiger partial charge in [0.05, 0.1) is 5.52 Å². The van der Waals surface area contributed by atoms with Crippen LogP contribution in [-0.4, -0.2) is 11.3 Å². The standard InChI is InChI=1S/C12H10ClNO/c13-11-6-5-9-3-1-7-14-12(9)10(11)4-2-8-15/h1,3,5-8H,2,4H2. The first kappa shape index (κ1) is 10.1. The number of fused-ring (bicyclic) bond motifs is 1. The molecule has 0 saturated carbocycles. The Morgan fingerprint density at radius 3 is 3.00 bits per heavy atom. The Morgan fingerprint density at radius 2 is 2.20 bits per heavy atom. The van der Waals surface area contributed by atoms with Gasteiger partial charge in [-0.15, -0.1) is 0 Å². The first-order chi connectivity index (χ1) is 7.33. The number of hydrogen-bond donors (Lipinski definition) is 0. The van der Waals surface area contributed by atoms with Gasteiger partial charge < -0.3 is 4.79 Å². The van der Waals surface area contributed by atoms with Crippen LogP contribution in [0.4, 0.5) is 0 Å². The van der Waals surface area contributed by atoms with Crippen LogP contribution in [0, 0.1) is 0 Å². The molecule has 0 radical (unpaired) electrons. The van der Waals surface area contributed by atoms with Gasteiger partial charge >= 0.3 is 0 Å². The third-order valence-electron chi connectivity index (χ3n) is 2.33. The summed E-state index contributed by atoms with van der Waals surface area (Å²) in [6.07, 6.45) is 3.77. The molecule has 0 aliphatic carbocycles. The normalized spacial score (nSPS) is 10.5. The molecule has 76 valence electrons. The van der Waals surface area contributed by atoms with Crippen molar-refractivity contribution >= 4 is 28.8 Å². The van der Waals surface area contributed by atoms with Crippen molar-refractivity contribution < 1.29 is 4.79 Å². The van der Waals surface area contributed by atoms with Gasteiger partial charge in [-0.25, -0.2) is 0 Å². The van der Waals surface area contributed by atoms with E-state index in [1.807, 2.05) is 24.3 Å². The highest BCUT2D eigenvalue weighted by molar-refractivity contribution is 6.32. The zero-order chi connectivity index (χ0) is 10.7. The molecule has 1 aromatic carbocycles. The zero-order valence-corrected chi connectivity index (χ0v) is 8.87. The van der Waals surface area contributed by atoms with Gasteiger partial charge in [0, 0.05) is 23.0 Å². The number of halogens is 1. The molecule has 0 fully saturated rings. The number of aromatic nitrogens is 1. The average Bonchev–Trinajstić information content (AvgIpc) is 2.28. The molecule has 1 heterocycles. The Morgan fingerprint density at radius 1 is 1.33 bits per heavy atom. The minimum absolute atomic E-state index is 0.482. The van der Waals surface area contributed by atoms with Crippen molar-refractivity contribution in [2.75, 3.05) is 0 Å². The Balaban J connectivity index is 2.57. The number of rotatable bonds is 3. The fourth-order valence-electron chi connectivity index (χ4n) is 1.62. The summed E-state index contributed by atoms with van der Waals surface area (Å²) in [5.41, 5.74) is 1.86. The van der Waals surface area contributed by atoms with Gasteiger partial charge in [-0.3, -0.25) is 4.98 Å². The lowest BCUT2D eigenvalue weighted by Crippen LogP contribution is -1.92. The number of benzene rings is 1.